The van der Waals surface area contributed by atoms with Crippen molar-refractivity contribution in [3.8, 4) is 0 Å². The van der Waals surface area contributed by atoms with Crippen LogP contribution in [-0.2, 0) is 0 Å². The molecule has 0 amide bonds. The van der Waals surface area contributed by atoms with Crippen molar-refractivity contribution >= 4 is 42.6 Å². The SMILES string of the molecule is CNC(c1cc(Br)ccc1Br)c1cncc2ccccc12. The number of aromatic nitrogens is 1. The summed E-state index contributed by atoms with van der Waals surface area (Å²) < 4.78 is 2.15. The van der Waals surface area contributed by atoms with Gasteiger partial charge in [0.05, 0.1) is 6.04 Å². The number of benzene rings is 2. The highest BCUT2D eigenvalue weighted by atomic mass is 79.9. The molecule has 1 unspecified atom stereocenters. The van der Waals surface area contributed by atoms with E-state index in [-0.39, 0.29) is 6.04 Å². The first kappa shape index (κ1) is 14.7. The van der Waals surface area contributed by atoms with Gasteiger partial charge in [0.25, 0.3) is 0 Å². The van der Waals surface area contributed by atoms with E-state index in [9.17, 15) is 0 Å². The van der Waals surface area contributed by atoms with Crippen molar-refractivity contribution in [3.63, 3.8) is 0 Å². The molecule has 0 saturated heterocycles. The molecule has 0 radical (unpaired) electrons. The monoisotopic (exact) mass is 404 g/mol. The zero-order chi connectivity index (χ0) is 14.8. The molecule has 0 fully saturated rings. The third-order valence-electron chi connectivity index (χ3n) is 3.57. The molecular weight excluding hydrogens is 392 g/mol. The highest BCUT2D eigenvalue weighted by molar-refractivity contribution is 9.11. The van der Waals surface area contributed by atoms with Crippen molar-refractivity contribution in [2.45, 2.75) is 6.04 Å². The summed E-state index contributed by atoms with van der Waals surface area (Å²) in [7, 11) is 1.97. The first-order chi connectivity index (χ1) is 10.2. The Kier molecular flexibility index (Phi) is 4.38. The van der Waals surface area contributed by atoms with Gasteiger partial charge in [-0.05, 0) is 41.8 Å². The van der Waals surface area contributed by atoms with Gasteiger partial charge in [-0.3, -0.25) is 4.98 Å². The molecule has 2 aromatic carbocycles. The molecule has 21 heavy (non-hydrogen) atoms. The molecule has 1 heterocycles. The second-order valence-electron chi connectivity index (χ2n) is 4.84. The molecule has 0 aliphatic heterocycles. The zero-order valence-electron chi connectivity index (χ0n) is 11.5. The van der Waals surface area contributed by atoms with Crippen LogP contribution in [0.1, 0.15) is 17.2 Å². The second kappa shape index (κ2) is 6.26. The van der Waals surface area contributed by atoms with Gasteiger partial charge in [-0.15, -0.1) is 0 Å². The summed E-state index contributed by atoms with van der Waals surface area (Å²) in [5, 5.41) is 5.78. The Balaban J connectivity index is 2.21. The molecule has 1 aromatic heterocycles. The van der Waals surface area contributed by atoms with E-state index in [1.165, 1.54) is 16.5 Å². The second-order valence-corrected chi connectivity index (χ2v) is 6.61. The van der Waals surface area contributed by atoms with E-state index in [1.807, 2.05) is 31.6 Å². The number of fused-ring (bicyclic) bond motifs is 1. The maximum atomic E-state index is 4.39. The summed E-state index contributed by atoms with van der Waals surface area (Å²) in [6, 6.07) is 14.6. The topological polar surface area (TPSA) is 24.9 Å². The smallest absolute Gasteiger partial charge is 0.0607 e. The number of hydrogen-bond donors (Lipinski definition) is 1. The lowest BCUT2D eigenvalue weighted by atomic mass is 9.96. The van der Waals surface area contributed by atoms with E-state index in [1.54, 1.807) is 0 Å². The normalized spacial score (nSPS) is 12.5. The lowest BCUT2D eigenvalue weighted by Gasteiger charge is -2.20. The standard InChI is InChI=1S/C17H14Br2N2/c1-20-17(14-8-12(18)6-7-16(14)19)15-10-21-9-11-4-2-3-5-13(11)15/h2-10,17,20H,1H3. The van der Waals surface area contributed by atoms with Crippen LogP contribution in [0, 0.1) is 0 Å². The van der Waals surface area contributed by atoms with Crippen LogP contribution in [0.4, 0.5) is 0 Å². The summed E-state index contributed by atoms with van der Waals surface area (Å²) in [4.78, 5) is 4.39. The third kappa shape index (κ3) is 2.89. The summed E-state index contributed by atoms with van der Waals surface area (Å²) in [5.41, 5.74) is 2.36. The van der Waals surface area contributed by atoms with Gasteiger partial charge in [0.2, 0.25) is 0 Å². The Morgan fingerprint density at radius 2 is 1.81 bits per heavy atom. The molecule has 2 nitrogen and oxygen atoms in total. The molecule has 106 valence electrons. The largest absolute Gasteiger partial charge is 0.309 e. The molecule has 0 bridgehead atoms. The van der Waals surface area contributed by atoms with E-state index in [0.717, 1.165) is 14.3 Å². The molecule has 1 N–H and O–H groups in total. The number of halogens is 2. The summed E-state index contributed by atoms with van der Waals surface area (Å²) >= 11 is 7.20. The van der Waals surface area contributed by atoms with Crippen molar-refractivity contribution < 1.29 is 0 Å². The predicted molar refractivity (Wildman–Crippen MR) is 94.5 cm³/mol. The number of nitrogens with zero attached hydrogens (tertiary/aromatic N) is 1. The highest BCUT2D eigenvalue weighted by Crippen LogP contribution is 2.33. The molecule has 3 rings (SSSR count). The fraction of sp³-hybridized carbons (Fsp3) is 0.118. The van der Waals surface area contributed by atoms with Gasteiger partial charge in [0, 0.05) is 26.7 Å². The van der Waals surface area contributed by atoms with Gasteiger partial charge >= 0.3 is 0 Å². The first-order valence-corrected chi connectivity index (χ1v) is 8.24. The molecule has 1 atom stereocenters. The van der Waals surface area contributed by atoms with Gasteiger partial charge in [0.15, 0.2) is 0 Å². The predicted octanol–water partition coefficient (Wildman–Crippen LogP) is 5.07. The van der Waals surface area contributed by atoms with Crippen molar-refractivity contribution in [1.82, 2.24) is 10.3 Å². The minimum Gasteiger partial charge on any atom is -0.309 e. The van der Waals surface area contributed by atoms with Crippen molar-refractivity contribution in [1.29, 1.82) is 0 Å². The minimum absolute atomic E-state index is 0.0791. The molecule has 0 aliphatic rings. The van der Waals surface area contributed by atoms with Crippen LogP contribution in [-0.4, -0.2) is 12.0 Å². The molecule has 3 aromatic rings. The summed E-state index contributed by atoms with van der Waals surface area (Å²) in [6.07, 6.45) is 3.85. The van der Waals surface area contributed by atoms with Gasteiger partial charge in [0.1, 0.15) is 0 Å². The van der Waals surface area contributed by atoms with Crippen molar-refractivity contribution in [2.24, 2.45) is 0 Å². The number of hydrogen-bond acceptors (Lipinski definition) is 2. The Morgan fingerprint density at radius 3 is 2.62 bits per heavy atom. The van der Waals surface area contributed by atoms with Crippen LogP contribution in [0.3, 0.4) is 0 Å². The van der Waals surface area contributed by atoms with Gasteiger partial charge in [-0.1, -0.05) is 56.1 Å². The van der Waals surface area contributed by atoms with E-state index < -0.39 is 0 Å². The Morgan fingerprint density at radius 1 is 1.00 bits per heavy atom. The number of nitrogens with one attached hydrogen (secondary N) is 1. The Hall–Kier alpha value is -1.23. The molecule has 0 aliphatic carbocycles. The van der Waals surface area contributed by atoms with Crippen LogP contribution in [0.15, 0.2) is 63.8 Å². The van der Waals surface area contributed by atoms with Crippen LogP contribution in [0.25, 0.3) is 10.8 Å². The highest BCUT2D eigenvalue weighted by Gasteiger charge is 2.18. The van der Waals surface area contributed by atoms with Gasteiger partial charge < -0.3 is 5.32 Å². The van der Waals surface area contributed by atoms with E-state index in [0.29, 0.717) is 0 Å². The summed E-state index contributed by atoms with van der Waals surface area (Å²) in [5.74, 6) is 0. The molecule has 0 saturated carbocycles. The average molecular weight is 406 g/mol. The fourth-order valence-electron chi connectivity index (χ4n) is 2.58. The van der Waals surface area contributed by atoms with Crippen LogP contribution in [0.2, 0.25) is 0 Å². The minimum atomic E-state index is 0.0791. The van der Waals surface area contributed by atoms with Gasteiger partial charge in [-0.25, -0.2) is 0 Å². The van der Waals surface area contributed by atoms with Crippen LogP contribution < -0.4 is 5.32 Å². The van der Waals surface area contributed by atoms with E-state index in [4.69, 9.17) is 0 Å². The third-order valence-corrected chi connectivity index (χ3v) is 4.78. The maximum absolute atomic E-state index is 4.39. The Labute approximate surface area is 140 Å². The Bertz CT molecular complexity index is 781. The molecule has 0 spiro atoms. The molecular formula is C17H14Br2N2. The van der Waals surface area contributed by atoms with E-state index >= 15 is 0 Å². The van der Waals surface area contributed by atoms with Crippen molar-refractivity contribution in [3.05, 3.63) is 74.9 Å². The van der Waals surface area contributed by atoms with E-state index in [2.05, 4.69) is 72.5 Å². The van der Waals surface area contributed by atoms with Crippen molar-refractivity contribution in [2.75, 3.05) is 7.05 Å². The zero-order valence-corrected chi connectivity index (χ0v) is 14.6. The number of pyridine rings is 1. The lowest BCUT2D eigenvalue weighted by molar-refractivity contribution is 0.691. The maximum Gasteiger partial charge on any atom is 0.0607 e. The summed E-state index contributed by atoms with van der Waals surface area (Å²) in [6.45, 7) is 0. The average Bonchev–Trinajstić information content (AvgIpc) is 2.51. The lowest BCUT2D eigenvalue weighted by Crippen LogP contribution is -2.18. The van der Waals surface area contributed by atoms with Gasteiger partial charge in [-0.2, -0.15) is 0 Å². The fourth-order valence-corrected chi connectivity index (χ4v) is 3.44. The van der Waals surface area contributed by atoms with Crippen LogP contribution in [0.5, 0.6) is 0 Å². The quantitative estimate of drug-likeness (QED) is 0.657. The first-order valence-electron chi connectivity index (χ1n) is 6.65. The number of rotatable bonds is 3. The van der Waals surface area contributed by atoms with Crippen LogP contribution >= 0.6 is 31.9 Å². The molecule has 4 heteroatoms.